The summed E-state index contributed by atoms with van der Waals surface area (Å²) in [6, 6.07) is -0.327. The smallest absolute Gasteiger partial charge is 0.336 e. The Bertz CT molecular complexity index is 1390. The summed E-state index contributed by atoms with van der Waals surface area (Å²) in [4.78, 5) is 31.7. The molecule has 1 spiro atoms. The Balaban J connectivity index is 1.08. The molecule has 12 atom stereocenters. The predicted molar refractivity (Wildman–Crippen MR) is 173 cm³/mol. The van der Waals surface area contributed by atoms with E-state index in [1.807, 2.05) is 10.8 Å². The quantitative estimate of drug-likeness (QED) is 0.214. The predicted octanol–water partition coefficient (Wildman–Crippen LogP) is 6.26. The molecule has 5 fully saturated rings. The highest BCUT2D eigenvalue weighted by Crippen LogP contribution is 2.74. The first-order valence-corrected chi connectivity index (χ1v) is 20.6. The average molecular weight is 639 g/mol. The van der Waals surface area contributed by atoms with E-state index >= 15 is 0 Å². The van der Waals surface area contributed by atoms with Gasteiger partial charge in [-0.05, 0) is 99.6 Å². The second-order valence-electron chi connectivity index (χ2n) is 16.9. The fourth-order valence-electron chi connectivity index (χ4n) is 11.2. The Hall–Kier alpha value is -1.81. The molecule has 7 rings (SSSR count). The lowest BCUT2D eigenvalue weighted by Gasteiger charge is -2.59. The van der Waals surface area contributed by atoms with E-state index in [4.69, 9.17) is 13.9 Å². The largest absolute Gasteiger partial charge is 0.458 e. The maximum absolute atomic E-state index is 14.2. The van der Waals surface area contributed by atoms with Crippen molar-refractivity contribution in [1.29, 1.82) is 0 Å². The number of ketones is 1. The van der Waals surface area contributed by atoms with Gasteiger partial charge in [-0.25, -0.2) is 9.78 Å². The number of carbonyl (C=O) groups excluding carboxylic acids is 2. The lowest BCUT2D eigenvalue weighted by Crippen LogP contribution is -2.66. The molecule has 0 unspecified atom stereocenters. The molecule has 248 valence electrons. The number of hydrogen-bond donors (Lipinski definition) is 1. The molecule has 45 heavy (non-hydrogen) atoms. The van der Waals surface area contributed by atoms with Gasteiger partial charge in [0, 0.05) is 25.2 Å². The first-order valence-electron chi connectivity index (χ1n) is 17.6. The van der Waals surface area contributed by atoms with Crippen LogP contribution in [0.15, 0.2) is 29.9 Å². The van der Waals surface area contributed by atoms with Gasteiger partial charge in [-0.3, -0.25) is 4.79 Å². The third-order valence-corrected chi connectivity index (χ3v) is 18.4. The molecule has 2 aliphatic heterocycles. The van der Waals surface area contributed by atoms with Gasteiger partial charge in [-0.15, -0.1) is 0 Å². The van der Waals surface area contributed by atoms with E-state index in [0.29, 0.717) is 41.9 Å². The topological polar surface area (TPSA) is 103 Å². The molecule has 4 saturated carbocycles. The van der Waals surface area contributed by atoms with Crippen molar-refractivity contribution in [3.8, 4) is 0 Å². The van der Waals surface area contributed by atoms with Crippen molar-refractivity contribution >= 4 is 20.1 Å². The van der Waals surface area contributed by atoms with E-state index in [2.05, 4.69) is 59.6 Å². The molecule has 8 nitrogen and oxygen atoms in total. The third kappa shape index (κ3) is 4.42. The van der Waals surface area contributed by atoms with E-state index in [9.17, 15) is 14.7 Å². The van der Waals surface area contributed by atoms with Crippen molar-refractivity contribution in [1.82, 2.24) is 9.55 Å². The fraction of sp³-hybridized carbons (Fsp3) is 0.806. The van der Waals surface area contributed by atoms with Gasteiger partial charge >= 0.3 is 5.97 Å². The number of aliphatic hydroxyl groups is 1. The highest BCUT2D eigenvalue weighted by molar-refractivity contribution is 6.72. The Kier molecular flexibility index (Phi) is 7.48. The van der Waals surface area contributed by atoms with Crippen LogP contribution in [-0.2, 0) is 23.5 Å². The minimum Gasteiger partial charge on any atom is -0.458 e. The molecule has 1 aromatic heterocycles. The second kappa shape index (κ2) is 10.6. The van der Waals surface area contributed by atoms with E-state index in [-0.39, 0.29) is 47.3 Å². The highest BCUT2D eigenvalue weighted by atomic mass is 28.4. The highest BCUT2D eigenvalue weighted by Gasteiger charge is 2.82. The summed E-state index contributed by atoms with van der Waals surface area (Å²) < 4.78 is 21.0. The SMILES string of the molecule is CC1=C(CO[Si](C)(C)C(C)C)C(=O)O[C@@H]([C@@H](C)[C@H]2CC[C@H]3[C@@H]4C[C@H]5O[C@]56[C@@H](O)[C@@H](n5ccnc5)CC(=O)[C@]6(C)[C@H]4CC[C@]23C)C1. The van der Waals surface area contributed by atoms with Crippen molar-refractivity contribution in [2.75, 3.05) is 6.61 Å². The van der Waals surface area contributed by atoms with Crippen molar-refractivity contribution < 1.29 is 28.6 Å². The van der Waals surface area contributed by atoms with Crippen molar-refractivity contribution in [3.63, 3.8) is 0 Å². The van der Waals surface area contributed by atoms with Gasteiger partial charge in [0.15, 0.2) is 8.32 Å². The Morgan fingerprint density at radius 1 is 1.13 bits per heavy atom. The van der Waals surface area contributed by atoms with Crippen LogP contribution in [0.2, 0.25) is 18.6 Å². The molecular weight excluding hydrogens is 584 g/mol. The van der Waals surface area contributed by atoms with Crippen LogP contribution in [0.3, 0.4) is 0 Å². The van der Waals surface area contributed by atoms with Crippen LogP contribution < -0.4 is 0 Å². The minimum absolute atomic E-state index is 0.0793. The van der Waals surface area contributed by atoms with E-state index in [0.717, 1.165) is 44.1 Å². The van der Waals surface area contributed by atoms with Crippen molar-refractivity contribution in [3.05, 3.63) is 29.9 Å². The first-order chi connectivity index (χ1) is 21.2. The average Bonchev–Trinajstić information content (AvgIpc) is 3.29. The number of carbonyl (C=O) groups is 2. The zero-order valence-electron chi connectivity index (χ0n) is 28.5. The lowest BCUT2D eigenvalue weighted by atomic mass is 9.43. The number of epoxide rings is 1. The molecule has 4 aliphatic carbocycles. The monoisotopic (exact) mass is 638 g/mol. The van der Waals surface area contributed by atoms with Gasteiger partial charge in [0.2, 0.25) is 0 Å². The number of esters is 1. The van der Waals surface area contributed by atoms with Gasteiger partial charge in [0.25, 0.3) is 0 Å². The summed E-state index contributed by atoms with van der Waals surface area (Å²) in [5.41, 5.74) is 0.981. The number of hydrogen-bond acceptors (Lipinski definition) is 7. The zero-order valence-corrected chi connectivity index (χ0v) is 29.5. The molecule has 0 aromatic carbocycles. The standard InChI is InChI=1S/C36H54N2O6Si/c1-20(2)45(7,8)42-18-24-21(3)15-29(43-33(24)41)22(4)25-9-10-26-23-16-31-36(44-31)32(40)28(38-14-13-37-19-38)17-30(39)35(36,6)27(23)11-12-34(25,26)5/h13-14,19-20,22-23,25-29,31-32,40H,9-12,15-18H2,1-8H3/t22-,23-,25+,26-,27-,28-,29+,31+,32-,34+,35-,36-/m0/s1. The summed E-state index contributed by atoms with van der Waals surface area (Å²) in [5.74, 6) is 1.88. The van der Waals surface area contributed by atoms with Crippen LogP contribution in [0.25, 0.3) is 0 Å². The normalized spacial score (nSPS) is 45.0. The van der Waals surface area contributed by atoms with Crippen LogP contribution in [0.1, 0.15) is 92.5 Å². The molecule has 0 radical (unpaired) electrons. The third-order valence-electron chi connectivity index (χ3n) is 14.7. The number of imidazole rings is 1. The number of ether oxygens (including phenoxy) is 2. The van der Waals surface area contributed by atoms with Gasteiger partial charge in [-0.1, -0.05) is 33.3 Å². The van der Waals surface area contributed by atoms with Crippen molar-refractivity contribution in [2.24, 2.45) is 40.4 Å². The number of aromatic nitrogens is 2. The number of rotatable bonds is 7. The van der Waals surface area contributed by atoms with E-state index in [1.54, 1.807) is 12.5 Å². The maximum Gasteiger partial charge on any atom is 0.336 e. The van der Waals surface area contributed by atoms with Crippen LogP contribution >= 0.6 is 0 Å². The summed E-state index contributed by atoms with van der Waals surface area (Å²) in [7, 11) is -1.86. The Morgan fingerprint density at radius 3 is 2.56 bits per heavy atom. The van der Waals surface area contributed by atoms with Gasteiger partial charge in [-0.2, -0.15) is 0 Å². The first kappa shape index (κ1) is 31.8. The summed E-state index contributed by atoms with van der Waals surface area (Å²) >= 11 is 0. The number of nitrogens with zero attached hydrogens (tertiary/aromatic N) is 2. The van der Waals surface area contributed by atoms with Crippen LogP contribution in [0.5, 0.6) is 0 Å². The number of fused-ring (bicyclic) bond motifs is 4. The van der Waals surface area contributed by atoms with E-state index < -0.39 is 25.4 Å². The summed E-state index contributed by atoms with van der Waals surface area (Å²) in [5, 5.41) is 11.8. The summed E-state index contributed by atoms with van der Waals surface area (Å²) in [6.45, 7) is 18.2. The van der Waals surface area contributed by atoms with E-state index in [1.165, 1.54) is 0 Å². The molecule has 3 heterocycles. The van der Waals surface area contributed by atoms with Crippen LogP contribution in [0.4, 0.5) is 0 Å². The van der Waals surface area contributed by atoms with Crippen LogP contribution in [-0.4, -0.2) is 65.2 Å². The molecule has 1 saturated heterocycles. The molecule has 6 aliphatic rings. The number of cyclic esters (lactones) is 1. The van der Waals surface area contributed by atoms with Crippen LogP contribution in [0, 0.1) is 40.4 Å². The fourth-order valence-corrected chi connectivity index (χ4v) is 12.0. The molecular formula is C36H54N2O6Si. The number of aliphatic hydroxyl groups excluding tert-OH is 1. The number of Topliss-reactive ketones (excluding diaryl/α,β-unsaturated/α-hetero) is 1. The molecule has 1 N–H and O–H groups in total. The molecule has 0 amide bonds. The molecule has 9 heteroatoms. The van der Waals surface area contributed by atoms with Crippen molar-refractivity contribution in [2.45, 2.75) is 135 Å². The lowest BCUT2D eigenvalue weighted by molar-refractivity contribution is -0.171. The summed E-state index contributed by atoms with van der Waals surface area (Å²) in [6.07, 6.45) is 10.7. The Morgan fingerprint density at radius 2 is 1.89 bits per heavy atom. The maximum atomic E-state index is 14.2. The zero-order chi connectivity index (χ0) is 32.3. The molecule has 0 bridgehead atoms. The Labute approximate surface area is 269 Å². The van der Waals surface area contributed by atoms with Gasteiger partial charge < -0.3 is 23.6 Å². The molecule has 1 aromatic rings. The minimum atomic E-state index is -1.86. The van der Waals surface area contributed by atoms with Gasteiger partial charge in [0.05, 0.1) is 36.1 Å². The second-order valence-corrected chi connectivity index (χ2v) is 21.6. The van der Waals surface area contributed by atoms with Gasteiger partial charge in [0.1, 0.15) is 23.6 Å².